The van der Waals surface area contributed by atoms with Gasteiger partial charge in [0, 0.05) is 18.9 Å². The summed E-state index contributed by atoms with van der Waals surface area (Å²) in [5.41, 5.74) is 0. The summed E-state index contributed by atoms with van der Waals surface area (Å²) >= 11 is 0. The first-order valence-electron chi connectivity index (χ1n) is 3.33. The zero-order chi connectivity index (χ0) is 8.32. The van der Waals surface area contributed by atoms with E-state index >= 15 is 0 Å². The second kappa shape index (κ2) is 3.10. The molecule has 0 radical (unpaired) electrons. The quantitative estimate of drug-likeness (QED) is 0.592. The fourth-order valence-electron chi connectivity index (χ4n) is 0.762. The predicted octanol–water partition coefficient (Wildman–Crippen LogP) is -0.825. The molecule has 0 aromatic heterocycles. The third kappa shape index (κ3) is 1.84. The number of nitrogens with one attached hydrogen (secondary N) is 2. The standard InChI is InChI=1S/C5H11N3O2S/c1-2-7-11(9,10)8-4-3-6-5-8/h3-4,6-7H,2,5H2,1H3. The molecule has 0 aliphatic carbocycles. The predicted molar refractivity (Wildman–Crippen MR) is 41.6 cm³/mol. The average Bonchev–Trinajstić information content (AvgIpc) is 2.37. The van der Waals surface area contributed by atoms with E-state index in [4.69, 9.17) is 0 Å². The van der Waals surface area contributed by atoms with Gasteiger partial charge in [0.2, 0.25) is 0 Å². The average molecular weight is 177 g/mol. The van der Waals surface area contributed by atoms with Crippen LogP contribution in [0.25, 0.3) is 0 Å². The van der Waals surface area contributed by atoms with Gasteiger partial charge in [-0.1, -0.05) is 6.92 Å². The van der Waals surface area contributed by atoms with E-state index in [1.54, 1.807) is 13.1 Å². The van der Waals surface area contributed by atoms with Crippen molar-refractivity contribution in [1.29, 1.82) is 0 Å². The highest BCUT2D eigenvalue weighted by Crippen LogP contribution is 2.00. The Kier molecular flexibility index (Phi) is 2.35. The van der Waals surface area contributed by atoms with Crippen LogP contribution in [-0.4, -0.2) is 25.9 Å². The van der Waals surface area contributed by atoms with Crippen molar-refractivity contribution in [3.8, 4) is 0 Å². The summed E-state index contributed by atoms with van der Waals surface area (Å²) in [5, 5.41) is 2.76. The normalized spacial score (nSPS) is 17.0. The molecule has 6 heteroatoms. The van der Waals surface area contributed by atoms with Crippen molar-refractivity contribution in [2.75, 3.05) is 13.2 Å². The summed E-state index contributed by atoms with van der Waals surface area (Å²) in [6.45, 7) is 2.47. The second-order valence-corrected chi connectivity index (χ2v) is 3.78. The Hall–Kier alpha value is -0.750. The molecule has 5 nitrogen and oxygen atoms in total. The molecule has 11 heavy (non-hydrogen) atoms. The molecule has 64 valence electrons. The van der Waals surface area contributed by atoms with Crippen molar-refractivity contribution in [2.24, 2.45) is 0 Å². The smallest absolute Gasteiger partial charge is 0.302 e. The summed E-state index contributed by atoms with van der Waals surface area (Å²) in [4.78, 5) is 0. The van der Waals surface area contributed by atoms with Gasteiger partial charge in [-0.15, -0.1) is 0 Å². The molecule has 2 N–H and O–H groups in total. The number of rotatable bonds is 3. The van der Waals surface area contributed by atoms with Gasteiger partial charge in [-0.25, -0.2) is 4.31 Å². The first-order valence-corrected chi connectivity index (χ1v) is 4.77. The van der Waals surface area contributed by atoms with E-state index in [0.717, 1.165) is 0 Å². The lowest BCUT2D eigenvalue weighted by molar-refractivity contribution is 0.495. The third-order valence-electron chi connectivity index (χ3n) is 1.24. The maximum atomic E-state index is 11.2. The molecule has 0 saturated heterocycles. The summed E-state index contributed by atoms with van der Waals surface area (Å²) in [6.07, 6.45) is 3.08. The van der Waals surface area contributed by atoms with Crippen LogP contribution in [0, 0.1) is 0 Å². The Morgan fingerprint density at radius 2 is 2.45 bits per heavy atom. The molecule has 0 aromatic rings. The molecule has 0 atom stereocenters. The SMILES string of the molecule is CCNS(=O)(=O)N1C=CNC1. The molecular weight excluding hydrogens is 166 g/mol. The first kappa shape index (κ1) is 8.35. The van der Waals surface area contributed by atoms with Crippen molar-refractivity contribution in [3.63, 3.8) is 0 Å². The monoisotopic (exact) mass is 177 g/mol. The van der Waals surface area contributed by atoms with E-state index in [9.17, 15) is 8.42 Å². The molecular formula is C5H11N3O2S. The number of hydrogen-bond acceptors (Lipinski definition) is 3. The Labute approximate surface area is 66.3 Å². The van der Waals surface area contributed by atoms with Gasteiger partial charge < -0.3 is 5.32 Å². The van der Waals surface area contributed by atoms with E-state index < -0.39 is 10.2 Å². The van der Waals surface area contributed by atoms with Crippen LogP contribution in [0.2, 0.25) is 0 Å². The zero-order valence-corrected chi connectivity index (χ0v) is 7.06. The maximum Gasteiger partial charge on any atom is 0.302 e. The van der Waals surface area contributed by atoms with Crippen LogP contribution < -0.4 is 10.0 Å². The fourth-order valence-corrected chi connectivity index (χ4v) is 1.76. The van der Waals surface area contributed by atoms with Gasteiger partial charge in [-0.2, -0.15) is 13.1 Å². The van der Waals surface area contributed by atoms with Crippen LogP contribution in [-0.2, 0) is 10.2 Å². The molecule has 0 fully saturated rings. The topological polar surface area (TPSA) is 61.4 Å². The Balaban J connectivity index is 2.64. The van der Waals surface area contributed by atoms with Crippen LogP contribution in [0.1, 0.15) is 6.92 Å². The summed E-state index contributed by atoms with van der Waals surface area (Å²) in [6, 6.07) is 0. The minimum atomic E-state index is -3.28. The van der Waals surface area contributed by atoms with Crippen LogP contribution in [0.5, 0.6) is 0 Å². The highest BCUT2D eigenvalue weighted by molar-refractivity contribution is 7.87. The van der Waals surface area contributed by atoms with Crippen molar-refractivity contribution in [1.82, 2.24) is 14.3 Å². The lowest BCUT2D eigenvalue weighted by Gasteiger charge is -2.14. The molecule has 0 amide bonds. The van der Waals surface area contributed by atoms with E-state index in [2.05, 4.69) is 10.0 Å². The van der Waals surface area contributed by atoms with Crippen molar-refractivity contribution >= 4 is 10.2 Å². The lowest BCUT2D eigenvalue weighted by atomic mass is 10.8. The van der Waals surface area contributed by atoms with Gasteiger partial charge in [0.1, 0.15) is 6.67 Å². The number of nitrogens with zero attached hydrogens (tertiary/aromatic N) is 1. The van der Waals surface area contributed by atoms with Gasteiger partial charge in [-0.3, -0.25) is 0 Å². The van der Waals surface area contributed by atoms with Gasteiger partial charge in [0.25, 0.3) is 0 Å². The molecule has 0 bridgehead atoms. The van der Waals surface area contributed by atoms with Gasteiger partial charge >= 0.3 is 10.2 Å². The van der Waals surface area contributed by atoms with E-state index in [0.29, 0.717) is 13.2 Å². The summed E-state index contributed by atoms with van der Waals surface area (Å²) < 4.78 is 25.9. The molecule has 0 saturated carbocycles. The minimum absolute atomic E-state index is 0.315. The van der Waals surface area contributed by atoms with Crippen LogP contribution in [0.3, 0.4) is 0 Å². The Morgan fingerprint density at radius 1 is 1.73 bits per heavy atom. The molecule has 1 rings (SSSR count). The molecule has 1 aliphatic heterocycles. The van der Waals surface area contributed by atoms with E-state index in [1.807, 2.05) is 0 Å². The minimum Gasteiger partial charge on any atom is -0.372 e. The zero-order valence-electron chi connectivity index (χ0n) is 6.24. The summed E-state index contributed by atoms with van der Waals surface area (Å²) in [5.74, 6) is 0. The fraction of sp³-hybridized carbons (Fsp3) is 0.600. The molecule has 0 unspecified atom stereocenters. The number of hydrogen-bond donors (Lipinski definition) is 2. The first-order chi connectivity index (χ1) is 5.17. The van der Waals surface area contributed by atoms with Crippen molar-refractivity contribution < 1.29 is 8.42 Å². The van der Waals surface area contributed by atoms with Crippen molar-refractivity contribution in [2.45, 2.75) is 6.92 Å². The second-order valence-electron chi connectivity index (χ2n) is 2.07. The molecule has 1 heterocycles. The highest BCUT2D eigenvalue weighted by Gasteiger charge is 2.18. The molecule has 0 aromatic carbocycles. The molecule has 1 aliphatic rings. The van der Waals surface area contributed by atoms with E-state index in [1.165, 1.54) is 10.5 Å². The van der Waals surface area contributed by atoms with E-state index in [-0.39, 0.29) is 0 Å². The Bertz CT molecular complexity index is 246. The van der Waals surface area contributed by atoms with Crippen LogP contribution >= 0.6 is 0 Å². The van der Waals surface area contributed by atoms with Gasteiger partial charge in [0.05, 0.1) is 0 Å². The molecule has 0 spiro atoms. The van der Waals surface area contributed by atoms with Gasteiger partial charge in [-0.05, 0) is 0 Å². The summed E-state index contributed by atoms with van der Waals surface area (Å²) in [7, 11) is -3.28. The van der Waals surface area contributed by atoms with Crippen LogP contribution in [0.15, 0.2) is 12.4 Å². The maximum absolute atomic E-state index is 11.2. The van der Waals surface area contributed by atoms with Gasteiger partial charge in [0.15, 0.2) is 0 Å². The highest BCUT2D eigenvalue weighted by atomic mass is 32.2. The largest absolute Gasteiger partial charge is 0.372 e. The van der Waals surface area contributed by atoms with Crippen LogP contribution in [0.4, 0.5) is 0 Å². The lowest BCUT2D eigenvalue weighted by Crippen LogP contribution is -2.38. The third-order valence-corrected chi connectivity index (χ3v) is 2.76. The Morgan fingerprint density at radius 3 is 2.91 bits per heavy atom. The van der Waals surface area contributed by atoms with Crippen molar-refractivity contribution in [3.05, 3.63) is 12.4 Å².